The lowest BCUT2D eigenvalue weighted by Gasteiger charge is -2.13. The molecule has 0 radical (unpaired) electrons. The fourth-order valence-corrected chi connectivity index (χ4v) is 3.98. The number of benzene rings is 1. The first-order valence-corrected chi connectivity index (χ1v) is 10.1. The summed E-state index contributed by atoms with van der Waals surface area (Å²) in [6.07, 6.45) is 0. The van der Waals surface area contributed by atoms with Crippen molar-refractivity contribution in [3.8, 4) is 22.1 Å². The lowest BCUT2D eigenvalue weighted by molar-refractivity contribution is -0.119. The van der Waals surface area contributed by atoms with Gasteiger partial charge in [-0.25, -0.2) is 9.78 Å². The summed E-state index contributed by atoms with van der Waals surface area (Å²) >= 11 is 8.95. The molecule has 10 heteroatoms. The van der Waals surface area contributed by atoms with E-state index in [1.165, 1.54) is 31.6 Å². The average molecular weight is 439 g/mol. The number of amides is 1. The van der Waals surface area contributed by atoms with Crippen molar-refractivity contribution in [2.45, 2.75) is 0 Å². The number of thiazole rings is 1. The van der Waals surface area contributed by atoms with Crippen molar-refractivity contribution in [1.82, 2.24) is 4.98 Å². The summed E-state index contributed by atoms with van der Waals surface area (Å²) in [5.41, 5.74) is 1.43. The number of carbonyl (C=O) groups is 2. The van der Waals surface area contributed by atoms with Gasteiger partial charge in [-0.1, -0.05) is 11.6 Å². The van der Waals surface area contributed by atoms with Crippen LogP contribution in [0.15, 0.2) is 34.3 Å². The standard InChI is InChI=1S/C18H15ClN2O5S2/c1-24-14-6-15(25-2)12(5-11(14)19)20-16(22)7-26-18(23)13-9-28-17(21-13)10-3-4-27-8-10/h3-6,8-9H,7H2,1-2H3,(H,20,22). The number of methoxy groups -OCH3 is 2. The summed E-state index contributed by atoms with van der Waals surface area (Å²) in [6.45, 7) is -0.475. The number of nitrogens with one attached hydrogen (secondary N) is 1. The molecule has 7 nitrogen and oxygen atoms in total. The van der Waals surface area contributed by atoms with E-state index in [0.29, 0.717) is 22.2 Å². The van der Waals surface area contributed by atoms with E-state index >= 15 is 0 Å². The van der Waals surface area contributed by atoms with E-state index in [-0.39, 0.29) is 5.69 Å². The van der Waals surface area contributed by atoms with Crippen LogP contribution in [0.2, 0.25) is 5.02 Å². The van der Waals surface area contributed by atoms with Gasteiger partial charge in [-0.2, -0.15) is 11.3 Å². The van der Waals surface area contributed by atoms with E-state index in [1.54, 1.807) is 22.8 Å². The summed E-state index contributed by atoms with van der Waals surface area (Å²) in [7, 11) is 2.92. The predicted molar refractivity (Wildman–Crippen MR) is 109 cm³/mol. The summed E-state index contributed by atoms with van der Waals surface area (Å²) in [5.74, 6) is -0.442. The van der Waals surface area contributed by atoms with Crippen LogP contribution >= 0.6 is 34.3 Å². The Balaban J connectivity index is 1.60. The molecule has 0 atom stereocenters. The summed E-state index contributed by atoms with van der Waals surface area (Å²) in [5, 5.41) is 9.08. The van der Waals surface area contributed by atoms with Gasteiger partial charge < -0.3 is 19.5 Å². The zero-order chi connectivity index (χ0) is 20.1. The molecule has 28 heavy (non-hydrogen) atoms. The molecule has 3 rings (SSSR count). The molecule has 1 amide bonds. The van der Waals surface area contributed by atoms with E-state index in [9.17, 15) is 9.59 Å². The molecule has 0 aliphatic carbocycles. The molecule has 0 saturated carbocycles. The second-order valence-electron chi connectivity index (χ2n) is 5.36. The minimum absolute atomic E-state index is 0.157. The largest absolute Gasteiger partial charge is 0.495 e. The highest BCUT2D eigenvalue weighted by Gasteiger charge is 2.17. The number of aromatic nitrogens is 1. The Bertz CT molecular complexity index is 988. The Morgan fingerprint density at radius 2 is 1.96 bits per heavy atom. The molecule has 0 aliphatic rings. The molecule has 2 aromatic heterocycles. The highest BCUT2D eigenvalue weighted by molar-refractivity contribution is 7.14. The molecule has 0 bridgehead atoms. The molecule has 1 N–H and O–H groups in total. The van der Waals surface area contributed by atoms with Crippen LogP contribution in [0, 0.1) is 0 Å². The van der Waals surface area contributed by atoms with Crippen LogP contribution in [0.5, 0.6) is 11.5 Å². The monoisotopic (exact) mass is 438 g/mol. The number of hydrogen-bond donors (Lipinski definition) is 1. The van der Waals surface area contributed by atoms with Gasteiger partial charge in [0.25, 0.3) is 5.91 Å². The second-order valence-corrected chi connectivity index (χ2v) is 7.41. The van der Waals surface area contributed by atoms with Gasteiger partial charge in [0.05, 0.1) is 24.9 Å². The second kappa shape index (κ2) is 9.05. The molecular formula is C18H15ClN2O5S2. The quantitative estimate of drug-likeness (QED) is 0.552. The molecule has 0 spiro atoms. The maximum Gasteiger partial charge on any atom is 0.358 e. The fourth-order valence-electron chi connectivity index (χ4n) is 2.24. The Labute approximate surface area is 173 Å². The highest BCUT2D eigenvalue weighted by atomic mass is 35.5. The van der Waals surface area contributed by atoms with E-state index < -0.39 is 18.5 Å². The number of ether oxygens (including phenoxy) is 3. The Morgan fingerprint density at radius 1 is 1.18 bits per heavy atom. The molecule has 1 aromatic carbocycles. The minimum atomic E-state index is -0.674. The summed E-state index contributed by atoms with van der Waals surface area (Å²) in [4.78, 5) is 28.5. The van der Waals surface area contributed by atoms with Crippen LogP contribution < -0.4 is 14.8 Å². The topological polar surface area (TPSA) is 86.8 Å². The smallest absolute Gasteiger partial charge is 0.358 e. The van der Waals surface area contributed by atoms with Gasteiger partial charge in [-0.15, -0.1) is 11.3 Å². The highest BCUT2D eigenvalue weighted by Crippen LogP contribution is 2.35. The van der Waals surface area contributed by atoms with Crippen molar-refractivity contribution in [3.05, 3.63) is 45.1 Å². The van der Waals surface area contributed by atoms with E-state index in [0.717, 1.165) is 10.6 Å². The first-order chi connectivity index (χ1) is 13.5. The van der Waals surface area contributed by atoms with Gasteiger partial charge in [0.15, 0.2) is 12.3 Å². The van der Waals surface area contributed by atoms with Crippen molar-refractivity contribution in [2.75, 3.05) is 26.1 Å². The molecule has 0 fully saturated rings. The van der Waals surface area contributed by atoms with Gasteiger partial charge in [0, 0.05) is 22.4 Å². The van der Waals surface area contributed by atoms with Crippen molar-refractivity contribution in [3.63, 3.8) is 0 Å². The van der Waals surface area contributed by atoms with Crippen molar-refractivity contribution >= 4 is 51.8 Å². The molecule has 146 valence electrons. The van der Waals surface area contributed by atoms with Crippen LogP contribution in [-0.4, -0.2) is 37.7 Å². The minimum Gasteiger partial charge on any atom is -0.495 e. The number of nitrogens with zero attached hydrogens (tertiary/aromatic N) is 1. The number of anilines is 1. The third kappa shape index (κ3) is 4.61. The fraction of sp³-hybridized carbons (Fsp3) is 0.167. The van der Waals surface area contributed by atoms with Crippen molar-refractivity contribution < 1.29 is 23.8 Å². The Hall–Kier alpha value is -2.62. The summed E-state index contributed by atoms with van der Waals surface area (Å²) < 4.78 is 15.4. The third-order valence-corrected chi connectivity index (χ3v) is 5.43. The lowest BCUT2D eigenvalue weighted by atomic mass is 10.2. The molecular weight excluding hydrogens is 424 g/mol. The van der Waals surface area contributed by atoms with Gasteiger partial charge in [0.1, 0.15) is 16.5 Å². The Morgan fingerprint density at radius 3 is 2.64 bits per heavy atom. The summed E-state index contributed by atoms with van der Waals surface area (Å²) in [6, 6.07) is 4.96. The van der Waals surface area contributed by atoms with Crippen LogP contribution in [0.3, 0.4) is 0 Å². The molecule has 0 aliphatic heterocycles. The van der Waals surface area contributed by atoms with Gasteiger partial charge in [0.2, 0.25) is 0 Å². The van der Waals surface area contributed by atoms with E-state index in [2.05, 4.69) is 10.3 Å². The zero-order valence-electron chi connectivity index (χ0n) is 14.9. The van der Waals surface area contributed by atoms with Gasteiger partial charge in [-0.3, -0.25) is 4.79 Å². The molecule has 2 heterocycles. The van der Waals surface area contributed by atoms with Crippen LogP contribution in [0.4, 0.5) is 5.69 Å². The van der Waals surface area contributed by atoms with Crippen molar-refractivity contribution in [2.24, 2.45) is 0 Å². The Kier molecular flexibility index (Phi) is 6.50. The maximum absolute atomic E-state index is 12.1. The number of carbonyl (C=O) groups excluding carboxylic acids is 2. The van der Waals surface area contributed by atoms with Gasteiger partial charge >= 0.3 is 5.97 Å². The van der Waals surface area contributed by atoms with E-state index in [4.69, 9.17) is 25.8 Å². The van der Waals surface area contributed by atoms with Gasteiger partial charge in [-0.05, 0) is 17.5 Å². The van der Waals surface area contributed by atoms with Crippen LogP contribution in [-0.2, 0) is 9.53 Å². The molecule has 3 aromatic rings. The number of esters is 1. The number of thiophene rings is 1. The van der Waals surface area contributed by atoms with Crippen LogP contribution in [0.1, 0.15) is 10.5 Å². The van der Waals surface area contributed by atoms with Crippen LogP contribution in [0.25, 0.3) is 10.6 Å². The first kappa shape index (κ1) is 20.1. The number of hydrogen-bond acceptors (Lipinski definition) is 8. The lowest BCUT2D eigenvalue weighted by Crippen LogP contribution is -2.21. The van der Waals surface area contributed by atoms with Crippen molar-refractivity contribution in [1.29, 1.82) is 0 Å². The predicted octanol–water partition coefficient (Wildman–Crippen LogP) is 4.34. The average Bonchev–Trinajstić information content (AvgIpc) is 3.37. The SMILES string of the molecule is COc1cc(OC)c(NC(=O)COC(=O)c2csc(-c3ccsc3)n2)cc1Cl. The third-order valence-electron chi connectivity index (χ3n) is 3.56. The zero-order valence-corrected chi connectivity index (χ0v) is 17.2. The first-order valence-electron chi connectivity index (χ1n) is 7.88. The normalized spacial score (nSPS) is 10.4. The maximum atomic E-state index is 12.1. The number of rotatable bonds is 7. The molecule has 0 unspecified atom stereocenters. The van der Waals surface area contributed by atoms with E-state index in [1.807, 2.05) is 16.8 Å². The number of halogens is 1. The molecule has 0 saturated heterocycles.